The summed E-state index contributed by atoms with van der Waals surface area (Å²) in [5, 5.41) is 6.53. The molecule has 0 atom stereocenters. The third-order valence-corrected chi connectivity index (χ3v) is 6.20. The Morgan fingerprint density at radius 3 is 2.32 bits per heavy atom. The van der Waals surface area contributed by atoms with Gasteiger partial charge in [-0.3, -0.25) is 4.79 Å². The lowest BCUT2D eigenvalue weighted by atomic mass is 10.2. The second-order valence-corrected chi connectivity index (χ2v) is 9.36. The standard InChI is InChI=1S/C23H22BrN3O6S/c1-31-19-8-6-18(7-9-19)26-23(28)15-33-21-12-3-16(13-22(21)32-2)14-25-27-34(29,30)20-10-4-17(24)5-11-20/h3-14,27H,15H2,1-2H3,(H,26,28)/b25-14+. The summed E-state index contributed by atoms with van der Waals surface area (Å²) in [7, 11) is -0.776. The minimum absolute atomic E-state index is 0.0853. The van der Waals surface area contributed by atoms with Crippen LogP contribution in [0.5, 0.6) is 17.2 Å². The van der Waals surface area contributed by atoms with Gasteiger partial charge in [-0.05, 0) is 72.3 Å². The molecule has 3 aromatic rings. The van der Waals surface area contributed by atoms with Crippen LogP contribution in [-0.2, 0) is 14.8 Å². The van der Waals surface area contributed by atoms with Crippen molar-refractivity contribution in [2.24, 2.45) is 5.10 Å². The zero-order valence-electron chi connectivity index (χ0n) is 18.3. The van der Waals surface area contributed by atoms with E-state index in [1.807, 2.05) is 0 Å². The first kappa shape index (κ1) is 25.1. The van der Waals surface area contributed by atoms with Gasteiger partial charge in [0.15, 0.2) is 18.1 Å². The van der Waals surface area contributed by atoms with E-state index in [1.54, 1.807) is 61.7 Å². The summed E-state index contributed by atoms with van der Waals surface area (Å²) in [6.45, 7) is -0.233. The maximum Gasteiger partial charge on any atom is 0.276 e. The van der Waals surface area contributed by atoms with Gasteiger partial charge in [-0.1, -0.05) is 15.9 Å². The average Bonchev–Trinajstić information content (AvgIpc) is 2.83. The molecule has 0 aliphatic heterocycles. The topological polar surface area (TPSA) is 115 Å². The number of benzene rings is 3. The monoisotopic (exact) mass is 547 g/mol. The fraction of sp³-hybridized carbons (Fsp3) is 0.130. The van der Waals surface area contributed by atoms with E-state index in [1.165, 1.54) is 25.5 Å². The number of hydrogen-bond donors (Lipinski definition) is 2. The van der Waals surface area contributed by atoms with Crippen LogP contribution < -0.4 is 24.4 Å². The number of hydrazone groups is 1. The molecule has 0 radical (unpaired) electrons. The van der Waals surface area contributed by atoms with Crippen LogP contribution in [0.4, 0.5) is 5.69 Å². The highest BCUT2D eigenvalue weighted by Crippen LogP contribution is 2.27. The molecule has 0 fully saturated rings. The summed E-state index contributed by atoms with van der Waals surface area (Å²) in [6.07, 6.45) is 1.33. The molecule has 0 heterocycles. The van der Waals surface area contributed by atoms with Crippen molar-refractivity contribution in [3.05, 3.63) is 76.8 Å². The first-order valence-corrected chi connectivity index (χ1v) is 12.1. The van der Waals surface area contributed by atoms with E-state index < -0.39 is 10.0 Å². The van der Waals surface area contributed by atoms with Gasteiger partial charge in [0, 0.05) is 10.2 Å². The molecule has 11 heteroatoms. The number of sulfonamides is 1. The third-order valence-electron chi connectivity index (χ3n) is 4.43. The second-order valence-electron chi connectivity index (χ2n) is 6.78. The van der Waals surface area contributed by atoms with E-state index >= 15 is 0 Å². The lowest BCUT2D eigenvalue weighted by molar-refractivity contribution is -0.118. The highest BCUT2D eigenvalue weighted by molar-refractivity contribution is 9.10. The zero-order valence-corrected chi connectivity index (χ0v) is 20.7. The van der Waals surface area contributed by atoms with Crippen molar-refractivity contribution in [2.75, 3.05) is 26.1 Å². The summed E-state index contributed by atoms with van der Waals surface area (Å²) >= 11 is 3.26. The van der Waals surface area contributed by atoms with Crippen molar-refractivity contribution >= 4 is 43.8 Å². The summed E-state index contributed by atoms with van der Waals surface area (Å²) in [4.78, 5) is 14.4. The predicted molar refractivity (Wildman–Crippen MR) is 132 cm³/mol. The summed E-state index contributed by atoms with van der Waals surface area (Å²) in [5.41, 5.74) is 1.17. The number of halogens is 1. The second kappa shape index (κ2) is 11.5. The fourth-order valence-electron chi connectivity index (χ4n) is 2.74. The maximum absolute atomic E-state index is 12.3. The summed E-state index contributed by atoms with van der Waals surface area (Å²) < 4.78 is 41.3. The van der Waals surface area contributed by atoms with Crippen molar-refractivity contribution in [1.82, 2.24) is 4.83 Å². The van der Waals surface area contributed by atoms with Gasteiger partial charge in [0.05, 0.1) is 25.3 Å². The Hall–Kier alpha value is -3.57. The van der Waals surface area contributed by atoms with Gasteiger partial charge in [-0.2, -0.15) is 13.5 Å². The number of anilines is 1. The predicted octanol–water partition coefficient (Wildman–Crippen LogP) is 3.80. The van der Waals surface area contributed by atoms with Crippen molar-refractivity contribution in [3.63, 3.8) is 0 Å². The lowest BCUT2D eigenvalue weighted by Crippen LogP contribution is -2.20. The van der Waals surface area contributed by atoms with Crippen LogP contribution in [0.3, 0.4) is 0 Å². The number of nitrogens with zero attached hydrogens (tertiary/aromatic N) is 1. The minimum Gasteiger partial charge on any atom is -0.497 e. The van der Waals surface area contributed by atoms with Crippen LogP contribution in [0.15, 0.2) is 81.2 Å². The Morgan fingerprint density at radius 1 is 0.971 bits per heavy atom. The molecular weight excluding hydrogens is 526 g/mol. The van der Waals surface area contributed by atoms with Gasteiger partial charge in [-0.15, -0.1) is 0 Å². The molecule has 178 valence electrons. The number of nitrogens with one attached hydrogen (secondary N) is 2. The average molecular weight is 548 g/mol. The van der Waals surface area contributed by atoms with Crippen LogP contribution in [0.1, 0.15) is 5.56 Å². The molecule has 0 saturated heterocycles. The van der Waals surface area contributed by atoms with Crippen LogP contribution in [0.25, 0.3) is 0 Å². The van der Waals surface area contributed by atoms with E-state index in [9.17, 15) is 13.2 Å². The number of carbonyl (C=O) groups is 1. The molecule has 0 saturated carbocycles. The molecule has 34 heavy (non-hydrogen) atoms. The lowest BCUT2D eigenvalue weighted by Gasteiger charge is -2.11. The number of amides is 1. The van der Waals surface area contributed by atoms with Crippen LogP contribution in [0, 0.1) is 0 Å². The first-order chi connectivity index (χ1) is 16.3. The Bertz CT molecular complexity index is 1260. The van der Waals surface area contributed by atoms with Crippen molar-refractivity contribution < 1.29 is 27.4 Å². The van der Waals surface area contributed by atoms with Gasteiger partial charge >= 0.3 is 0 Å². The highest BCUT2D eigenvalue weighted by Gasteiger charge is 2.12. The molecule has 2 N–H and O–H groups in total. The molecule has 9 nitrogen and oxygen atoms in total. The van der Waals surface area contributed by atoms with Crippen LogP contribution in [-0.4, -0.2) is 41.4 Å². The van der Waals surface area contributed by atoms with E-state index in [4.69, 9.17) is 14.2 Å². The maximum atomic E-state index is 12.3. The molecule has 0 aromatic heterocycles. The third kappa shape index (κ3) is 6.96. The molecule has 0 aliphatic rings. The first-order valence-electron chi connectivity index (χ1n) is 9.86. The molecule has 0 bridgehead atoms. The SMILES string of the molecule is COc1ccc(NC(=O)COc2ccc(/C=N/NS(=O)(=O)c3ccc(Br)cc3)cc2OC)cc1. The Kier molecular flexibility index (Phi) is 8.50. The summed E-state index contributed by atoms with van der Waals surface area (Å²) in [6, 6.07) is 17.9. The van der Waals surface area contributed by atoms with E-state index in [0.29, 0.717) is 28.5 Å². The quantitative estimate of drug-likeness (QED) is 0.294. The van der Waals surface area contributed by atoms with Gasteiger partial charge < -0.3 is 19.5 Å². The van der Waals surface area contributed by atoms with Crippen LogP contribution >= 0.6 is 15.9 Å². The van der Waals surface area contributed by atoms with Gasteiger partial charge in [0.2, 0.25) is 0 Å². The smallest absolute Gasteiger partial charge is 0.276 e. The van der Waals surface area contributed by atoms with Gasteiger partial charge in [0.25, 0.3) is 15.9 Å². The summed E-state index contributed by atoms with van der Waals surface area (Å²) in [5.74, 6) is 1.04. The molecule has 1 amide bonds. The molecule has 0 aliphatic carbocycles. The van der Waals surface area contributed by atoms with E-state index in [0.717, 1.165) is 4.47 Å². The Balaban J connectivity index is 1.58. The van der Waals surface area contributed by atoms with Gasteiger partial charge in [0.1, 0.15) is 5.75 Å². The van der Waals surface area contributed by atoms with Crippen molar-refractivity contribution in [1.29, 1.82) is 0 Å². The highest BCUT2D eigenvalue weighted by atomic mass is 79.9. The Labute approximate surface area is 205 Å². The molecular formula is C23H22BrN3O6S. The van der Waals surface area contributed by atoms with Crippen LogP contribution in [0.2, 0.25) is 0 Å². The largest absolute Gasteiger partial charge is 0.497 e. The molecule has 0 spiro atoms. The minimum atomic E-state index is -3.80. The zero-order chi connectivity index (χ0) is 24.6. The molecule has 0 unspecified atom stereocenters. The number of carbonyl (C=O) groups excluding carboxylic acids is 1. The van der Waals surface area contributed by atoms with Crippen molar-refractivity contribution in [2.45, 2.75) is 4.90 Å². The Morgan fingerprint density at radius 2 is 1.68 bits per heavy atom. The number of hydrogen-bond acceptors (Lipinski definition) is 7. The van der Waals surface area contributed by atoms with E-state index in [-0.39, 0.29) is 17.4 Å². The van der Waals surface area contributed by atoms with Crippen molar-refractivity contribution in [3.8, 4) is 17.2 Å². The molecule has 3 aromatic carbocycles. The van der Waals surface area contributed by atoms with E-state index in [2.05, 4.69) is 31.2 Å². The normalized spacial score (nSPS) is 11.1. The molecule has 3 rings (SSSR count). The number of methoxy groups -OCH3 is 2. The number of ether oxygens (including phenoxy) is 3. The number of rotatable bonds is 10. The van der Waals surface area contributed by atoms with Gasteiger partial charge in [-0.25, -0.2) is 4.83 Å². The fourth-order valence-corrected chi connectivity index (χ4v) is 3.79.